The number of carboxylic acid groups (broad SMARTS) is 1. The second kappa shape index (κ2) is 6.52. The van der Waals surface area contributed by atoms with Gasteiger partial charge in [0.15, 0.2) is 6.10 Å². The highest BCUT2D eigenvalue weighted by molar-refractivity contribution is 5.82. The molecule has 0 bridgehead atoms. The number of hydrogen-bond acceptors (Lipinski definition) is 3. The number of amides is 1. The van der Waals surface area contributed by atoms with Gasteiger partial charge in [-0.3, -0.25) is 4.79 Å². The standard InChI is InChI=1S/C15H19NO4/c1-10-4-2-3-5-11(10)8-9-16-14(17)12-6-7-13(20-12)15(18)19/h2-5,12-13H,6-9H2,1H3,(H,16,17)(H,18,19). The summed E-state index contributed by atoms with van der Waals surface area (Å²) in [4.78, 5) is 22.6. The van der Waals surface area contributed by atoms with Gasteiger partial charge in [-0.25, -0.2) is 4.79 Å². The van der Waals surface area contributed by atoms with Gasteiger partial charge in [0.2, 0.25) is 5.91 Å². The molecule has 0 aromatic heterocycles. The number of nitrogens with one attached hydrogen (secondary N) is 1. The minimum atomic E-state index is -1.000. The molecule has 1 aliphatic rings. The van der Waals surface area contributed by atoms with E-state index in [2.05, 4.69) is 5.32 Å². The lowest BCUT2D eigenvalue weighted by atomic mass is 10.1. The molecule has 5 nitrogen and oxygen atoms in total. The van der Waals surface area contributed by atoms with Crippen LogP contribution < -0.4 is 5.32 Å². The summed E-state index contributed by atoms with van der Waals surface area (Å²) in [6.07, 6.45) is 0.140. The zero-order chi connectivity index (χ0) is 14.5. The predicted molar refractivity (Wildman–Crippen MR) is 73.4 cm³/mol. The summed E-state index contributed by atoms with van der Waals surface area (Å²) in [7, 11) is 0. The third-order valence-corrected chi connectivity index (χ3v) is 3.54. The van der Waals surface area contributed by atoms with E-state index >= 15 is 0 Å². The third-order valence-electron chi connectivity index (χ3n) is 3.54. The average molecular weight is 277 g/mol. The van der Waals surface area contributed by atoms with Crippen LogP contribution in [0.5, 0.6) is 0 Å². The lowest BCUT2D eigenvalue weighted by molar-refractivity contribution is -0.151. The van der Waals surface area contributed by atoms with Crippen molar-refractivity contribution in [3.63, 3.8) is 0 Å². The molecule has 0 saturated carbocycles. The number of carbonyl (C=O) groups is 2. The summed E-state index contributed by atoms with van der Waals surface area (Å²) < 4.78 is 5.20. The minimum Gasteiger partial charge on any atom is -0.479 e. The third kappa shape index (κ3) is 3.57. The first-order chi connectivity index (χ1) is 9.58. The summed E-state index contributed by atoms with van der Waals surface area (Å²) in [6.45, 7) is 2.57. The topological polar surface area (TPSA) is 75.6 Å². The van der Waals surface area contributed by atoms with Gasteiger partial charge in [0.05, 0.1) is 0 Å². The van der Waals surface area contributed by atoms with Crippen LogP contribution in [0.3, 0.4) is 0 Å². The first-order valence-corrected chi connectivity index (χ1v) is 6.78. The van der Waals surface area contributed by atoms with E-state index in [9.17, 15) is 9.59 Å². The maximum Gasteiger partial charge on any atom is 0.332 e. The molecule has 1 amide bonds. The lowest BCUT2D eigenvalue weighted by Gasteiger charge is -2.12. The van der Waals surface area contributed by atoms with Crippen molar-refractivity contribution in [1.82, 2.24) is 5.32 Å². The molecule has 1 aromatic carbocycles. The molecule has 2 N–H and O–H groups in total. The fourth-order valence-electron chi connectivity index (χ4n) is 2.34. The Morgan fingerprint density at radius 3 is 2.65 bits per heavy atom. The van der Waals surface area contributed by atoms with E-state index in [1.165, 1.54) is 11.1 Å². The molecule has 0 spiro atoms. The zero-order valence-electron chi connectivity index (χ0n) is 11.5. The number of benzene rings is 1. The van der Waals surface area contributed by atoms with Crippen molar-refractivity contribution in [3.8, 4) is 0 Å². The van der Waals surface area contributed by atoms with Crippen molar-refractivity contribution < 1.29 is 19.4 Å². The summed E-state index contributed by atoms with van der Waals surface area (Å²) in [5.74, 6) is -1.22. The first-order valence-electron chi connectivity index (χ1n) is 6.78. The van der Waals surface area contributed by atoms with Crippen LogP contribution in [0.25, 0.3) is 0 Å². The van der Waals surface area contributed by atoms with Gasteiger partial charge >= 0.3 is 5.97 Å². The number of aryl methyl sites for hydroxylation is 1. The van der Waals surface area contributed by atoms with E-state index in [1.54, 1.807) is 0 Å². The molecule has 2 rings (SSSR count). The number of carbonyl (C=O) groups excluding carboxylic acids is 1. The van der Waals surface area contributed by atoms with Crippen molar-refractivity contribution in [2.75, 3.05) is 6.54 Å². The number of ether oxygens (including phenoxy) is 1. The fourth-order valence-corrected chi connectivity index (χ4v) is 2.34. The summed E-state index contributed by atoms with van der Waals surface area (Å²) in [5, 5.41) is 11.6. The Bertz CT molecular complexity index is 500. The molecule has 1 heterocycles. The van der Waals surface area contributed by atoms with Crippen LogP contribution in [0, 0.1) is 6.92 Å². The van der Waals surface area contributed by atoms with Crippen molar-refractivity contribution in [1.29, 1.82) is 0 Å². The second-order valence-electron chi connectivity index (χ2n) is 5.00. The van der Waals surface area contributed by atoms with Crippen molar-refractivity contribution >= 4 is 11.9 Å². The molecule has 20 heavy (non-hydrogen) atoms. The quantitative estimate of drug-likeness (QED) is 0.850. The van der Waals surface area contributed by atoms with Crippen molar-refractivity contribution in [3.05, 3.63) is 35.4 Å². The number of aliphatic carboxylic acids is 1. The van der Waals surface area contributed by atoms with E-state index in [0.717, 1.165) is 6.42 Å². The molecule has 0 aliphatic carbocycles. The maximum absolute atomic E-state index is 11.9. The number of hydrogen-bond donors (Lipinski definition) is 2. The largest absolute Gasteiger partial charge is 0.479 e. The van der Waals surface area contributed by atoms with Gasteiger partial charge in [0.1, 0.15) is 6.10 Å². The van der Waals surface area contributed by atoms with Crippen LogP contribution in [-0.4, -0.2) is 35.7 Å². The molecule has 1 saturated heterocycles. The Morgan fingerprint density at radius 1 is 1.30 bits per heavy atom. The van der Waals surface area contributed by atoms with E-state index < -0.39 is 18.2 Å². The van der Waals surface area contributed by atoms with Crippen LogP contribution in [0.1, 0.15) is 24.0 Å². The van der Waals surface area contributed by atoms with E-state index in [-0.39, 0.29) is 5.91 Å². The smallest absolute Gasteiger partial charge is 0.332 e. The Balaban J connectivity index is 1.76. The average Bonchev–Trinajstić information content (AvgIpc) is 2.91. The summed E-state index contributed by atoms with van der Waals surface area (Å²) in [5.41, 5.74) is 2.40. The number of rotatable bonds is 5. The highest BCUT2D eigenvalue weighted by Crippen LogP contribution is 2.19. The van der Waals surface area contributed by atoms with Crippen molar-refractivity contribution in [2.24, 2.45) is 0 Å². The van der Waals surface area contributed by atoms with Gasteiger partial charge in [0.25, 0.3) is 0 Å². The normalized spacial score (nSPS) is 21.6. The van der Waals surface area contributed by atoms with E-state index in [4.69, 9.17) is 9.84 Å². The Kier molecular flexibility index (Phi) is 4.74. The Labute approximate surface area is 117 Å². The molecule has 1 aromatic rings. The maximum atomic E-state index is 11.9. The van der Waals surface area contributed by atoms with Crippen LogP contribution in [0.4, 0.5) is 0 Å². The number of carboxylic acids is 1. The van der Waals surface area contributed by atoms with Gasteiger partial charge < -0.3 is 15.2 Å². The van der Waals surface area contributed by atoms with Crippen LogP contribution >= 0.6 is 0 Å². The van der Waals surface area contributed by atoms with E-state index in [1.807, 2.05) is 31.2 Å². The summed E-state index contributed by atoms with van der Waals surface area (Å²) in [6, 6.07) is 8.03. The lowest BCUT2D eigenvalue weighted by Crippen LogP contribution is -2.36. The minimum absolute atomic E-state index is 0.220. The van der Waals surface area contributed by atoms with Gasteiger partial charge in [-0.2, -0.15) is 0 Å². The van der Waals surface area contributed by atoms with E-state index in [0.29, 0.717) is 19.4 Å². The molecule has 0 radical (unpaired) electrons. The highest BCUT2D eigenvalue weighted by Gasteiger charge is 2.34. The molecule has 108 valence electrons. The molecule has 2 unspecified atom stereocenters. The molecule has 1 fully saturated rings. The van der Waals surface area contributed by atoms with Crippen LogP contribution in [0.15, 0.2) is 24.3 Å². The Hall–Kier alpha value is -1.88. The Morgan fingerprint density at radius 2 is 2.00 bits per heavy atom. The first kappa shape index (κ1) is 14.5. The molecular formula is C15H19NO4. The van der Waals surface area contributed by atoms with Gasteiger partial charge in [0, 0.05) is 6.54 Å². The van der Waals surface area contributed by atoms with Crippen LogP contribution in [0.2, 0.25) is 0 Å². The molecule has 5 heteroatoms. The second-order valence-corrected chi connectivity index (χ2v) is 5.00. The van der Waals surface area contributed by atoms with Gasteiger partial charge in [-0.15, -0.1) is 0 Å². The monoisotopic (exact) mass is 277 g/mol. The predicted octanol–water partition coefficient (Wildman–Crippen LogP) is 1.29. The zero-order valence-corrected chi connectivity index (χ0v) is 11.5. The molecular weight excluding hydrogens is 258 g/mol. The SMILES string of the molecule is Cc1ccccc1CCNC(=O)C1CCC(C(=O)O)O1. The summed E-state index contributed by atoms with van der Waals surface area (Å²) >= 11 is 0. The molecule has 1 aliphatic heterocycles. The molecule has 2 atom stereocenters. The van der Waals surface area contributed by atoms with Crippen LogP contribution in [-0.2, 0) is 20.7 Å². The van der Waals surface area contributed by atoms with Crippen molar-refractivity contribution in [2.45, 2.75) is 38.4 Å². The van der Waals surface area contributed by atoms with Gasteiger partial charge in [-0.05, 0) is 37.3 Å². The highest BCUT2D eigenvalue weighted by atomic mass is 16.5. The van der Waals surface area contributed by atoms with Gasteiger partial charge in [-0.1, -0.05) is 24.3 Å². The fraction of sp³-hybridized carbons (Fsp3) is 0.467.